The van der Waals surface area contributed by atoms with Crippen LogP contribution >= 0.6 is 22.6 Å². The average Bonchev–Trinajstić information content (AvgIpc) is 1.90. The van der Waals surface area contributed by atoms with Crippen LogP contribution < -0.4 is 0 Å². The number of halogens is 1. The first-order valence-electron chi connectivity index (χ1n) is 2.55. The zero-order valence-corrected chi connectivity index (χ0v) is 6.83. The van der Waals surface area contributed by atoms with Gasteiger partial charge in [0.1, 0.15) is 0 Å². The summed E-state index contributed by atoms with van der Waals surface area (Å²) in [4.78, 5) is 10.6. The van der Waals surface area contributed by atoms with E-state index in [2.05, 4.69) is 0 Å². The lowest BCUT2D eigenvalue weighted by molar-refractivity contribution is 0.110. The third-order valence-electron chi connectivity index (χ3n) is 1.00. The van der Waals surface area contributed by atoms with Gasteiger partial charge in [-0.3, -0.25) is 4.79 Å². The lowest BCUT2D eigenvalue weighted by atomic mass is 10.2. The SMILES string of the molecule is O=C(I)c1ccccc1. The van der Waals surface area contributed by atoms with E-state index in [9.17, 15) is 4.79 Å². The van der Waals surface area contributed by atoms with E-state index in [1.807, 2.05) is 18.2 Å². The van der Waals surface area contributed by atoms with Gasteiger partial charge in [-0.1, -0.05) is 30.3 Å². The van der Waals surface area contributed by atoms with Crippen LogP contribution in [0.4, 0.5) is 0 Å². The lowest BCUT2D eigenvalue weighted by Gasteiger charge is -1.87. The Bertz CT molecular complexity index is 205. The summed E-state index contributed by atoms with van der Waals surface area (Å²) in [5.41, 5.74) is 0.762. The molecule has 1 rings (SSSR count). The Hall–Kier alpha value is -0.380. The van der Waals surface area contributed by atoms with Crippen LogP contribution in [0.2, 0.25) is 0 Å². The number of carbonyl (C=O) groups is 1. The summed E-state index contributed by atoms with van der Waals surface area (Å²) in [6.45, 7) is 0. The molecule has 0 saturated carbocycles. The van der Waals surface area contributed by atoms with E-state index in [0.717, 1.165) is 5.56 Å². The minimum absolute atomic E-state index is 0.0909. The molecule has 0 heterocycles. The molecular weight excluding hydrogens is 227 g/mol. The highest BCUT2D eigenvalue weighted by Crippen LogP contribution is 2.03. The Labute approximate surface area is 67.2 Å². The standard InChI is InChI=1S/C7H5IO/c8-7(9)6-4-2-1-3-5-6/h1-5H. The molecular formula is C7H5IO. The lowest BCUT2D eigenvalue weighted by Crippen LogP contribution is -1.83. The van der Waals surface area contributed by atoms with E-state index in [4.69, 9.17) is 0 Å². The first-order valence-corrected chi connectivity index (χ1v) is 3.63. The van der Waals surface area contributed by atoms with Crippen LogP contribution in [0.5, 0.6) is 0 Å². The van der Waals surface area contributed by atoms with Gasteiger partial charge in [-0.05, 0) is 0 Å². The monoisotopic (exact) mass is 232 g/mol. The highest BCUT2D eigenvalue weighted by Gasteiger charge is 1.95. The number of hydrogen-bond donors (Lipinski definition) is 0. The van der Waals surface area contributed by atoms with Gasteiger partial charge in [0.15, 0.2) is 0 Å². The Morgan fingerprint density at radius 2 is 1.78 bits per heavy atom. The Balaban J connectivity index is 2.98. The molecule has 0 bridgehead atoms. The molecule has 0 spiro atoms. The third kappa shape index (κ3) is 1.78. The molecule has 0 N–H and O–H groups in total. The second-order valence-electron chi connectivity index (χ2n) is 1.64. The smallest absolute Gasteiger partial charge is 0.222 e. The second-order valence-corrected chi connectivity index (χ2v) is 2.62. The topological polar surface area (TPSA) is 17.1 Å². The highest BCUT2D eigenvalue weighted by molar-refractivity contribution is 14.1. The fourth-order valence-electron chi connectivity index (χ4n) is 0.569. The van der Waals surface area contributed by atoms with Gasteiger partial charge >= 0.3 is 0 Å². The van der Waals surface area contributed by atoms with Crippen LogP contribution in [0.15, 0.2) is 30.3 Å². The van der Waals surface area contributed by atoms with Crippen molar-refractivity contribution in [1.82, 2.24) is 0 Å². The number of carbonyl (C=O) groups excluding carboxylic acids is 1. The van der Waals surface area contributed by atoms with E-state index >= 15 is 0 Å². The van der Waals surface area contributed by atoms with Gasteiger partial charge in [0.2, 0.25) is 3.79 Å². The van der Waals surface area contributed by atoms with Crippen molar-refractivity contribution in [3.63, 3.8) is 0 Å². The summed E-state index contributed by atoms with van der Waals surface area (Å²) in [5.74, 6) is 0. The van der Waals surface area contributed by atoms with Crippen LogP contribution in [0.25, 0.3) is 0 Å². The molecule has 1 aromatic rings. The van der Waals surface area contributed by atoms with Crippen molar-refractivity contribution in [2.24, 2.45) is 0 Å². The maximum absolute atomic E-state index is 10.6. The third-order valence-corrected chi connectivity index (χ3v) is 1.62. The van der Waals surface area contributed by atoms with Crippen molar-refractivity contribution in [2.45, 2.75) is 0 Å². The van der Waals surface area contributed by atoms with Crippen LogP contribution in [-0.4, -0.2) is 3.79 Å². The summed E-state index contributed by atoms with van der Waals surface area (Å²) in [6.07, 6.45) is 0. The molecule has 0 fully saturated rings. The van der Waals surface area contributed by atoms with Crippen LogP contribution in [0, 0.1) is 0 Å². The van der Waals surface area contributed by atoms with Crippen LogP contribution in [0.1, 0.15) is 10.4 Å². The molecule has 0 aliphatic heterocycles. The average molecular weight is 232 g/mol. The predicted octanol–water partition coefficient (Wildman–Crippen LogP) is 2.26. The van der Waals surface area contributed by atoms with Crippen molar-refractivity contribution in [2.75, 3.05) is 0 Å². The number of benzene rings is 1. The summed E-state index contributed by atoms with van der Waals surface area (Å²) in [5, 5.41) is 0. The molecule has 0 aromatic heterocycles. The second kappa shape index (κ2) is 2.96. The summed E-state index contributed by atoms with van der Waals surface area (Å²) in [7, 11) is 0. The fourth-order valence-corrected chi connectivity index (χ4v) is 0.929. The van der Waals surface area contributed by atoms with Gasteiger partial charge in [0, 0.05) is 28.2 Å². The highest BCUT2D eigenvalue weighted by atomic mass is 127. The summed E-state index contributed by atoms with van der Waals surface area (Å²) < 4.78 is 0.0909. The van der Waals surface area contributed by atoms with Gasteiger partial charge in [-0.25, -0.2) is 0 Å². The first kappa shape index (κ1) is 6.74. The molecule has 0 amide bonds. The molecule has 1 nitrogen and oxygen atoms in total. The van der Waals surface area contributed by atoms with E-state index in [1.165, 1.54) is 0 Å². The molecule has 46 valence electrons. The molecule has 0 aliphatic rings. The van der Waals surface area contributed by atoms with Crippen molar-refractivity contribution in [1.29, 1.82) is 0 Å². The Morgan fingerprint density at radius 1 is 1.22 bits per heavy atom. The van der Waals surface area contributed by atoms with E-state index < -0.39 is 0 Å². The molecule has 0 saturated heterocycles. The molecule has 0 radical (unpaired) electrons. The van der Waals surface area contributed by atoms with E-state index in [0.29, 0.717) is 0 Å². The number of rotatable bonds is 1. The molecule has 1 aromatic carbocycles. The predicted molar refractivity (Wildman–Crippen MR) is 44.8 cm³/mol. The van der Waals surface area contributed by atoms with Gasteiger partial charge in [0.25, 0.3) is 0 Å². The molecule has 9 heavy (non-hydrogen) atoms. The van der Waals surface area contributed by atoms with Crippen molar-refractivity contribution in [3.8, 4) is 0 Å². The molecule has 0 atom stereocenters. The fraction of sp³-hybridized carbons (Fsp3) is 0. The maximum Gasteiger partial charge on any atom is 0.222 e. The molecule has 2 heteroatoms. The summed E-state index contributed by atoms with van der Waals surface area (Å²) in [6, 6.07) is 9.20. The van der Waals surface area contributed by atoms with Gasteiger partial charge in [-0.15, -0.1) is 0 Å². The van der Waals surface area contributed by atoms with Gasteiger partial charge < -0.3 is 0 Å². The molecule has 0 aliphatic carbocycles. The largest absolute Gasteiger partial charge is 0.282 e. The first-order chi connectivity index (χ1) is 4.30. The maximum atomic E-state index is 10.6. The van der Waals surface area contributed by atoms with Gasteiger partial charge in [0.05, 0.1) is 0 Å². The van der Waals surface area contributed by atoms with Crippen LogP contribution in [0.3, 0.4) is 0 Å². The molecule has 0 unspecified atom stereocenters. The zero-order valence-electron chi connectivity index (χ0n) is 4.67. The minimum Gasteiger partial charge on any atom is -0.282 e. The van der Waals surface area contributed by atoms with Crippen LogP contribution in [-0.2, 0) is 0 Å². The Morgan fingerprint density at radius 3 is 2.11 bits per heavy atom. The zero-order chi connectivity index (χ0) is 6.69. The quantitative estimate of drug-likeness (QED) is 0.536. The minimum atomic E-state index is 0.0909. The Kier molecular flexibility index (Phi) is 2.22. The van der Waals surface area contributed by atoms with Crippen molar-refractivity contribution >= 4 is 26.4 Å². The van der Waals surface area contributed by atoms with Crippen molar-refractivity contribution in [3.05, 3.63) is 35.9 Å². The summed E-state index contributed by atoms with van der Waals surface area (Å²) >= 11 is 1.77. The van der Waals surface area contributed by atoms with E-state index in [1.54, 1.807) is 34.7 Å². The van der Waals surface area contributed by atoms with Crippen molar-refractivity contribution < 1.29 is 4.79 Å². The number of hydrogen-bond acceptors (Lipinski definition) is 1. The van der Waals surface area contributed by atoms with Gasteiger partial charge in [-0.2, -0.15) is 0 Å². The normalized spacial score (nSPS) is 9.00. The van der Waals surface area contributed by atoms with E-state index in [-0.39, 0.29) is 3.79 Å².